The molecule has 2 aromatic rings. The molecule has 0 aliphatic rings. The number of hydrogen-bond acceptors (Lipinski definition) is 3. The SMILES string of the molecule is COC(=O)C[NH2+][C@H](c1ccccc1)c1cc(Cl)ccc1NC(C)=O. The third kappa shape index (κ3) is 4.81. The Morgan fingerprint density at radius 2 is 1.92 bits per heavy atom. The number of nitrogens with one attached hydrogen (secondary N) is 1. The summed E-state index contributed by atoms with van der Waals surface area (Å²) in [6.07, 6.45) is 0. The molecule has 0 fully saturated rings. The van der Waals surface area contributed by atoms with Crippen LogP contribution in [0.4, 0.5) is 5.69 Å². The summed E-state index contributed by atoms with van der Waals surface area (Å²) in [5.74, 6) is -0.489. The minimum atomic E-state index is -0.320. The third-order valence-electron chi connectivity index (χ3n) is 3.57. The fourth-order valence-electron chi connectivity index (χ4n) is 2.49. The van der Waals surface area contributed by atoms with E-state index in [-0.39, 0.29) is 24.5 Å². The van der Waals surface area contributed by atoms with Crippen LogP contribution in [0, 0.1) is 0 Å². The van der Waals surface area contributed by atoms with Gasteiger partial charge >= 0.3 is 5.97 Å². The van der Waals surface area contributed by atoms with Crippen LogP contribution in [0.2, 0.25) is 5.02 Å². The molecule has 0 bridgehead atoms. The normalized spacial score (nSPS) is 11.6. The molecular formula is C18H20ClN2O3+. The lowest BCUT2D eigenvalue weighted by Gasteiger charge is -2.19. The molecule has 0 unspecified atom stereocenters. The first-order chi connectivity index (χ1) is 11.5. The van der Waals surface area contributed by atoms with Crippen LogP contribution >= 0.6 is 11.6 Å². The van der Waals surface area contributed by atoms with E-state index in [0.717, 1.165) is 11.1 Å². The minimum Gasteiger partial charge on any atom is -0.465 e. The van der Waals surface area contributed by atoms with Gasteiger partial charge in [-0.25, -0.2) is 4.79 Å². The molecule has 0 spiro atoms. The molecule has 2 rings (SSSR count). The predicted molar refractivity (Wildman–Crippen MR) is 92.8 cm³/mol. The van der Waals surface area contributed by atoms with Crippen molar-refractivity contribution in [3.05, 3.63) is 64.7 Å². The number of nitrogens with two attached hydrogens (primary N) is 1. The Balaban J connectivity index is 2.44. The monoisotopic (exact) mass is 347 g/mol. The molecule has 24 heavy (non-hydrogen) atoms. The lowest BCUT2D eigenvalue weighted by molar-refractivity contribution is -0.677. The Labute approximate surface area is 146 Å². The van der Waals surface area contributed by atoms with Crippen LogP contribution < -0.4 is 10.6 Å². The summed E-state index contributed by atoms with van der Waals surface area (Å²) in [4.78, 5) is 23.1. The van der Waals surface area contributed by atoms with E-state index in [1.54, 1.807) is 18.2 Å². The number of quaternary nitrogens is 1. The maximum Gasteiger partial charge on any atom is 0.361 e. The van der Waals surface area contributed by atoms with Crippen LogP contribution in [-0.4, -0.2) is 25.5 Å². The zero-order chi connectivity index (χ0) is 17.5. The summed E-state index contributed by atoms with van der Waals surface area (Å²) in [6, 6.07) is 14.8. The number of carbonyl (C=O) groups excluding carboxylic acids is 2. The van der Waals surface area contributed by atoms with E-state index in [1.807, 2.05) is 35.6 Å². The van der Waals surface area contributed by atoms with Gasteiger partial charge in [0.15, 0.2) is 6.54 Å². The van der Waals surface area contributed by atoms with Crippen molar-refractivity contribution < 1.29 is 19.6 Å². The van der Waals surface area contributed by atoms with Gasteiger partial charge in [-0.05, 0) is 18.2 Å². The molecule has 3 N–H and O–H groups in total. The number of ether oxygens (including phenoxy) is 1. The lowest BCUT2D eigenvalue weighted by atomic mass is 9.97. The molecule has 0 heterocycles. The number of benzene rings is 2. The molecule has 0 saturated heterocycles. The van der Waals surface area contributed by atoms with Gasteiger partial charge in [-0.1, -0.05) is 41.9 Å². The number of halogens is 1. The van der Waals surface area contributed by atoms with Gasteiger partial charge in [0.25, 0.3) is 0 Å². The summed E-state index contributed by atoms with van der Waals surface area (Å²) in [6.45, 7) is 1.61. The van der Waals surface area contributed by atoms with Gasteiger partial charge in [0.2, 0.25) is 5.91 Å². The van der Waals surface area contributed by atoms with Crippen molar-refractivity contribution in [2.75, 3.05) is 19.0 Å². The number of methoxy groups -OCH3 is 1. The average molecular weight is 348 g/mol. The van der Waals surface area contributed by atoms with Crippen molar-refractivity contribution in [3.8, 4) is 0 Å². The van der Waals surface area contributed by atoms with Crippen LogP contribution in [0.15, 0.2) is 48.5 Å². The van der Waals surface area contributed by atoms with Crippen LogP contribution in [-0.2, 0) is 14.3 Å². The first-order valence-corrected chi connectivity index (χ1v) is 7.91. The highest BCUT2D eigenvalue weighted by molar-refractivity contribution is 6.30. The predicted octanol–water partition coefficient (Wildman–Crippen LogP) is 2.12. The summed E-state index contributed by atoms with van der Waals surface area (Å²) >= 11 is 6.16. The Morgan fingerprint density at radius 1 is 1.21 bits per heavy atom. The molecule has 2 aromatic carbocycles. The molecule has 6 heteroatoms. The molecule has 126 valence electrons. The van der Waals surface area contributed by atoms with E-state index in [4.69, 9.17) is 16.3 Å². The van der Waals surface area contributed by atoms with Crippen molar-refractivity contribution in [2.24, 2.45) is 0 Å². The number of hydrogen-bond donors (Lipinski definition) is 2. The van der Waals surface area contributed by atoms with Crippen LogP contribution in [0.25, 0.3) is 0 Å². The lowest BCUT2D eigenvalue weighted by Crippen LogP contribution is -2.87. The topological polar surface area (TPSA) is 72.0 Å². The number of rotatable bonds is 6. The number of carbonyl (C=O) groups is 2. The first-order valence-electron chi connectivity index (χ1n) is 7.53. The molecule has 0 aromatic heterocycles. The Hall–Kier alpha value is -2.37. The molecule has 0 radical (unpaired) electrons. The maximum atomic E-state index is 11.6. The Kier molecular flexibility index (Phi) is 6.35. The summed E-state index contributed by atoms with van der Waals surface area (Å²) in [5, 5.41) is 5.24. The van der Waals surface area contributed by atoms with Gasteiger partial charge < -0.3 is 15.4 Å². The number of anilines is 1. The highest BCUT2D eigenvalue weighted by atomic mass is 35.5. The zero-order valence-corrected chi connectivity index (χ0v) is 14.3. The molecule has 0 saturated carbocycles. The van der Waals surface area contributed by atoms with E-state index < -0.39 is 0 Å². The smallest absolute Gasteiger partial charge is 0.361 e. The molecule has 1 amide bonds. The average Bonchev–Trinajstić information content (AvgIpc) is 2.57. The Morgan fingerprint density at radius 3 is 2.54 bits per heavy atom. The number of esters is 1. The quantitative estimate of drug-likeness (QED) is 0.786. The van der Waals surface area contributed by atoms with E-state index in [2.05, 4.69) is 5.32 Å². The van der Waals surface area contributed by atoms with E-state index >= 15 is 0 Å². The largest absolute Gasteiger partial charge is 0.465 e. The highest BCUT2D eigenvalue weighted by Crippen LogP contribution is 2.28. The number of amides is 1. The summed E-state index contributed by atoms with van der Waals surface area (Å²) < 4.78 is 4.72. The van der Waals surface area contributed by atoms with Crippen LogP contribution in [0.5, 0.6) is 0 Å². The second kappa shape index (κ2) is 8.47. The molecule has 0 aliphatic carbocycles. The fourth-order valence-corrected chi connectivity index (χ4v) is 2.68. The molecular weight excluding hydrogens is 328 g/mol. The molecule has 5 nitrogen and oxygen atoms in total. The van der Waals surface area contributed by atoms with Crippen LogP contribution in [0.3, 0.4) is 0 Å². The first kappa shape index (κ1) is 18.0. The van der Waals surface area contributed by atoms with Crippen molar-refractivity contribution in [1.82, 2.24) is 0 Å². The standard InChI is InChI=1S/C18H19ClN2O3/c1-12(22)21-16-9-8-14(19)10-15(16)18(20-11-17(23)24-2)13-6-4-3-5-7-13/h3-10,18,20H,11H2,1-2H3,(H,21,22)/p+1/t18-/m1/s1. The van der Waals surface area contributed by atoms with Crippen molar-refractivity contribution in [3.63, 3.8) is 0 Å². The third-order valence-corrected chi connectivity index (χ3v) is 3.80. The van der Waals surface area contributed by atoms with Crippen molar-refractivity contribution >= 4 is 29.2 Å². The van der Waals surface area contributed by atoms with Gasteiger partial charge in [0.1, 0.15) is 6.04 Å². The minimum absolute atomic E-state index is 0.155. The van der Waals surface area contributed by atoms with Crippen molar-refractivity contribution in [2.45, 2.75) is 13.0 Å². The van der Waals surface area contributed by atoms with Gasteiger partial charge in [-0.2, -0.15) is 0 Å². The zero-order valence-electron chi connectivity index (χ0n) is 13.6. The van der Waals surface area contributed by atoms with Gasteiger partial charge in [-0.15, -0.1) is 0 Å². The maximum absolute atomic E-state index is 11.6. The van der Waals surface area contributed by atoms with Gasteiger partial charge in [-0.3, -0.25) is 4.79 Å². The second-order valence-electron chi connectivity index (χ2n) is 5.32. The summed E-state index contributed by atoms with van der Waals surface area (Å²) in [5.41, 5.74) is 2.49. The van der Waals surface area contributed by atoms with E-state index in [1.165, 1.54) is 14.0 Å². The highest BCUT2D eigenvalue weighted by Gasteiger charge is 2.23. The second-order valence-corrected chi connectivity index (χ2v) is 5.75. The molecule has 0 aliphatic heterocycles. The molecule has 1 atom stereocenters. The van der Waals surface area contributed by atoms with Crippen molar-refractivity contribution in [1.29, 1.82) is 0 Å². The summed E-state index contributed by atoms with van der Waals surface area (Å²) in [7, 11) is 1.36. The fraction of sp³-hybridized carbons (Fsp3) is 0.222. The Bertz CT molecular complexity index is 719. The van der Waals surface area contributed by atoms with E-state index in [9.17, 15) is 9.59 Å². The van der Waals surface area contributed by atoms with Gasteiger partial charge in [0.05, 0.1) is 12.8 Å². The van der Waals surface area contributed by atoms with E-state index in [0.29, 0.717) is 10.7 Å². The van der Waals surface area contributed by atoms with Gasteiger partial charge in [0, 0.05) is 23.1 Å². The van der Waals surface area contributed by atoms with Crippen LogP contribution in [0.1, 0.15) is 24.1 Å².